The molecule has 2 aromatic carbocycles. The first-order valence-corrected chi connectivity index (χ1v) is 6.35. The maximum Gasteiger partial charge on any atom is 0.159 e. The number of anilines is 1. The summed E-state index contributed by atoms with van der Waals surface area (Å²) < 4.78 is 27.6. The first-order valence-electron chi connectivity index (χ1n) is 6.35. The van der Waals surface area contributed by atoms with Crippen LogP contribution in [0.25, 0.3) is 5.69 Å². The highest BCUT2D eigenvalue weighted by molar-refractivity contribution is 5.48. The molecule has 1 aromatic heterocycles. The summed E-state index contributed by atoms with van der Waals surface area (Å²) in [6.07, 6.45) is 3.08. The van der Waals surface area contributed by atoms with E-state index in [1.54, 1.807) is 17.1 Å². The molecule has 3 rings (SSSR count). The van der Waals surface area contributed by atoms with Gasteiger partial charge in [0, 0.05) is 12.2 Å². The molecule has 106 valence electrons. The van der Waals surface area contributed by atoms with Gasteiger partial charge in [-0.3, -0.25) is 0 Å². The zero-order chi connectivity index (χ0) is 14.7. The summed E-state index contributed by atoms with van der Waals surface area (Å²) in [4.78, 5) is 3.88. The van der Waals surface area contributed by atoms with E-state index in [9.17, 15) is 8.78 Å². The second kappa shape index (κ2) is 5.70. The van der Waals surface area contributed by atoms with Crippen molar-refractivity contribution in [2.75, 3.05) is 5.32 Å². The van der Waals surface area contributed by atoms with E-state index in [2.05, 4.69) is 15.4 Å². The van der Waals surface area contributed by atoms with Crippen LogP contribution in [0.15, 0.2) is 55.1 Å². The molecule has 6 heteroatoms. The molecule has 0 saturated carbocycles. The Morgan fingerprint density at radius 1 is 1.00 bits per heavy atom. The molecule has 3 aromatic rings. The second-order valence-corrected chi connectivity index (χ2v) is 4.49. The van der Waals surface area contributed by atoms with E-state index in [4.69, 9.17) is 0 Å². The normalized spacial score (nSPS) is 10.6. The zero-order valence-electron chi connectivity index (χ0n) is 11.0. The highest BCUT2D eigenvalue weighted by atomic mass is 19.2. The van der Waals surface area contributed by atoms with E-state index < -0.39 is 11.6 Å². The van der Waals surface area contributed by atoms with Gasteiger partial charge in [-0.2, -0.15) is 5.10 Å². The van der Waals surface area contributed by atoms with Crippen molar-refractivity contribution in [1.29, 1.82) is 0 Å². The van der Waals surface area contributed by atoms with Crippen molar-refractivity contribution in [3.8, 4) is 5.69 Å². The van der Waals surface area contributed by atoms with Crippen LogP contribution in [0, 0.1) is 11.6 Å². The summed E-state index contributed by atoms with van der Waals surface area (Å²) in [6, 6.07) is 11.4. The first-order chi connectivity index (χ1) is 10.2. The fourth-order valence-electron chi connectivity index (χ4n) is 1.93. The number of hydrogen-bond acceptors (Lipinski definition) is 3. The molecule has 0 unspecified atom stereocenters. The standard InChI is InChI=1S/C15H12F2N4/c16-14-6-1-11(7-15(14)17)8-19-12-2-4-13(5-3-12)21-10-18-9-20-21/h1-7,9-10,19H,8H2. The number of halogens is 2. The maximum absolute atomic E-state index is 13.1. The van der Waals surface area contributed by atoms with Crippen molar-refractivity contribution >= 4 is 5.69 Å². The van der Waals surface area contributed by atoms with Gasteiger partial charge in [0.05, 0.1) is 5.69 Å². The van der Waals surface area contributed by atoms with Gasteiger partial charge in [0.25, 0.3) is 0 Å². The third-order valence-corrected chi connectivity index (χ3v) is 3.03. The van der Waals surface area contributed by atoms with Gasteiger partial charge in [0.15, 0.2) is 11.6 Å². The Hall–Kier alpha value is -2.76. The predicted molar refractivity (Wildman–Crippen MR) is 75.0 cm³/mol. The fourth-order valence-corrected chi connectivity index (χ4v) is 1.93. The molecule has 0 atom stereocenters. The number of aromatic nitrogens is 3. The summed E-state index contributed by atoms with van der Waals surface area (Å²) in [6.45, 7) is 0.417. The summed E-state index contributed by atoms with van der Waals surface area (Å²) in [5.41, 5.74) is 2.45. The quantitative estimate of drug-likeness (QED) is 0.801. The van der Waals surface area contributed by atoms with Crippen LogP contribution in [0.2, 0.25) is 0 Å². The lowest BCUT2D eigenvalue weighted by Gasteiger charge is -2.08. The first kappa shape index (κ1) is 13.2. The Bertz CT molecular complexity index is 724. The van der Waals surface area contributed by atoms with Gasteiger partial charge in [-0.15, -0.1) is 0 Å². The number of hydrogen-bond donors (Lipinski definition) is 1. The molecule has 1 N–H and O–H groups in total. The third kappa shape index (κ3) is 3.05. The van der Waals surface area contributed by atoms with Crippen LogP contribution in [0.5, 0.6) is 0 Å². The van der Waals surface area contributed by atoms with Gasteiger partial charge in [-0.05, 0) is 42.0 Å². The lowest BCUT2D eigenvalue weighted by molar-refractivity contribution is 0.507. The molecule has 0 bridgehead atoms. The third-order valence-electron chi connectivity index (χ3n) is 3.03. The van der Waals surface area contributed by atoms with Crippen molar-refractivity contribution in [2.45, 2.75) is 6.54 Å². The summed E-state index contributed by atoms with van der Waals surface area (Å²) >= 11 is 0. The molecule has 1 heterocycles. The predicted octanol–water partition coefficient (Wildman–Crippen LogP) is 3.16. The molecule has 0 saturated heterocycles. The summed E-state index contributed by atoms with van der Waals surface area (Å²) in [5, 5.41) is 7.18. The van der Waals surface area contributed by atoms with Crippen LogP contribution in [0.1, 0.15) is 5.56 Å². The fraction of sp³-hybridized carbons (Fsp3) is 0.0667. The molecule has 4 nitrogen and oxygen atoms in total. The number of benzene rings is 2. The molecule has 0 radical (unpaired) electrons. The molecule has 0 aliphatic heterocycles. The van der Waals surface area contributed by atoms with E-state index in [1.807, 2.05) is 24.3 Å². The van der Waals surface area contributed by atoms with Crippen LogP contribution < -0.4 is 5.32 Å². The van der Waals surface area contributed by atoms with Gasteiger partial charge in [0.2, 0.25) is 0 Å². The van der Waals surface area contributed by atoms with Crippen molar-refractivity contribution in [3.63, 3.8) is 0 Å². The number of nitrogens with zero attached hydrogens (tertiary/aromatic N) is 3. The Kier molecular flexibility index (Phi) is 3.59. The molecule has 0 aliphatic carbocycles. The van der Waals surface area contributed by atoms with Crippen LogP contribution >= 0.6 is 0 Å². The SMILES string of the molecule is Fc1ccc(CNc2ccc(-n3cncn3)cc2)cc1F. The Morgan fingerprint density at radius 3 is 2.48 bits per heavy atom. The molecular weight excluding hydrogens is 274 g/mol. The van der Waals surface area contributed by atoms with E-state index in [1.165, 1.54) is 12.4 Å². The summed E-state index contributed by atoms with van der Waals surface area (Å²) in [5.74, 6) is -1.67. The molecule has 0 spiro atoms. The Morgan fingerprint density at radius 2 is 1.81 bits per heavy atom. The minimum atomic E-state index is -0.837. The topological polar surface area (TPSA) is 42.7 Å². The van der Waals surface area contributed by atoms with Crippen LogP contribution in [0.3, 0.4) is 0 Å². The largest absolute Gasteiger partial charge is 0.381 e. The molecular formula is C15H12F2N4. The second-order valence-electron chi connectivity index (χ2n) is 4.49. The van der Waals surface area contributed by atoms with E-state index >= 15 is 0 Å². The van der Waals surface area contributed by atoms with Gasteiger partial charge < -0.3 is 5.32 Å². The van der Waals surface area contributed by atoms with Crippen molar-refractivity contribution in [3.05, 3.63) is 72.3 Å². The Labute approximate surface area is 120 Å². The van der Waals surface area contributed by atoms with E-state index in [0.29, 0.717) is 12.1 Å². The zero-order valence-corrected chi connectivity index (χ0v) is 11.0. The van der Waals surface area contributed by atoms with Crippen molar-refractivity contribution in [1.82, 2.24) is 14.8 Å². The van der Waals surface area contributed by atoms with E-state index in [-0.39, 0.29) is 0 Å². The van der Waals surface area contributed by atoms with Gasteiger partial charge in [-0.1, -0.05) is 6.07 Å². The van der Waals surface area contributed by atoms with Crippen LogP contribution in [0.4, 0.5) is 14.5 Å². The highest BCUT2D eigenvalue weighted by Gasteiger charge is 2.02. The minimum absolute atomic E-state index is 0.417. The summed E-state index contributed by atoms with van der Waals surface area (Å²) in [7, 11) is 0. The molecule has 0 aliphatic rings. The number of rotatable bonds is 4. The smallest absolute Gasteiger partial charge is 0.159 e. The minimum Gasteiger partial charge on any atom is -0.381 e. The van der Waals surface area contributed by atoms with Crippen molar-refractivity contribution in [2.24, 2.45) is 0 Å². The van der Waals surface area contributed by atoms with Gasteiger partial charge in [-0.25, -0.2) is 18.4 Å². The highest BCUT2D eigenvalue weighted by Crippen LogP contribution is 2.14. The molecule has 0 amide bonds. The lowest BCUT2D eigenvalue weighted by atomic mass is 10.2. The van der Waals surface area contributed by atoms with Crippen molar-refractivity contribution < 1.29 is 8.78 Å². The average Bonchev–Trinajstić information content (AvgIpc) is 3.03. The monoisotopic (exact) mass is 286 g/mol. The van der Waals surface area contributed by atoms with Crippen LogP contribution in [-0.2, 0) is 6.54 Å². The van der Waals surface area contributed by atoms with Crippen LogP contribution in [-0.4, -0.2) is 14.8 Å². The molecule has 0 fully saturated rings. The maximum atomic E-state index is 13.1. The molecule has 21 heavy (non-hydrogen) atoms. The Balaban J connectivity index is 1.66. The number of nitrogens with one attached hydrogen (secondary N) is 1. The lowest BCUT2D eigenvalue weighted by Crippen LogP contribution is -2.01. The van der Waals surface area contributed by atoms with Gasteiger partial charge >= 0.3 is 0 Å². The average molecular weight is 286 g/mol. The van der Waals surface area contributed by atoms with Gasteiger partial charge in [0.1, 0.15) is 12.7 Å². The van der Waals surface area contributed by atoms with E-state index in [0.717, 1.165) is 17.4 Å².